The molecule has 0 fully saturated rings. The molecule has 0 saturated heterocycles. The highest BCUT2D eigenvalue weighted by atomic mass is 79.9. The Bertz CT molecular complexity index is 489. The van der Waals surface area contributed by atoms with E-state index in [1.165, 1.54) is 11.3 Å². The van der Waals surface area contributed by atoms with Gasteiger partial charge >= 0.3 is 0 Å². The molecule has 0 amide bonds. The van der Waals surface area contributed by atoms with Crippen LogP contribution >= 0.6 is 38.9 Å². The highest BCUT2D eigenvalue weighted by Crippen LogP contribution is 2.38. The van der Waals surface area contributed by atoms with Crippen LogP contribution < -0.4 is 4.74 Å². The summed E-state index contributed by atoms with van der Waals surface area (Å²) in [6.07, 6.45) is 0. The van der Waals surface area contributed by atoms with E-state index >= 15 is 0 Å². The number of rotatable bonds is 2. The average molecular weight is 306 g/mol. The van der Waals surface area contributed by atoms with Crippen LogP contribution in [0.15, 0.2) is 22.1 Å². The minimum atomic E-state index is 0.609. The lowest BCUT2D eigenvalue weighted by Crippen LogP contribution is -1.88. The van der Waals surface area contributed by atoms with Gasteiger partial charge in [0.15, 0.2) is 8.92 Å². The summed E-state index contributed by atoms with van der Waals surface area (Å²) in [4.78, 5) is 0. The summed E-state index contributed by atoms with van der Waals surface area (Å²) >= 11 is 10.8. The smallest absolute Gasteiger partial charge is 0.183 e. The average Bonchev–Trinajstić information content (AvgIpc) is 2.64. The highest BCUT2D eigenvalue weighted by Gasteiger charge is 2.14. The Kier molecular flexibility index (Phi) is 3.23. The summed E-state index contributed by atoms with van der Waals surface area (Å²) in [5.74, 6) is 0.700. The molecule has 0 bridgehead atoms. The van der Waals surface area contributed by atoms with Gasteiger partial charge in [-0.05, 0) is 28.1 Å². The van der Waals surface area contributed by atoms with Crippen molar-refractivity contribution >= 4 is 38.9 Å². The van der Waals surface area contributed by atoms with Gasteiger partial charge < -0.3 is 4.74 Å². The fourth-order valence-corrected chi connectivity index (χ4v) is 2.67. The number of nitrogens with zero attached hydrogens (tertiary/aromatic N) is 2. The first-order chi connectivity index (χ1) is 7.22. The number of hydrogen-bond donors (Lipinski definition) is 0. The van der Waals surface area contributed by atoms with Crippen molar-refractivity contribution < 1.29 is 4.74 Å². The van der Waals surface area contributed by atoms with Gasteiger partial charge in [-0.2, -0.15) is 0 Å². The molecule has 1 aromatic carbocycles. The fourth-order valence-electron chi connectivity index (χ4n) is 1.19. The summed E-state index contributed by atoms with van der Waals surface area (Å²) in [7, 11) is 1.60. The van der Waals surface area contributed by atoms with Crippen LogP contribution in [-0.2, 0) is 0 Å². The number of methoxy groups -OCH3 is 1. The lowest BCUT2D eigenvalue weighted by molar-refractivity contribution is 0.416. The van der Waals surface area contributed by atoms with Crippen LogP contribution in [0, 0.1) is 0 Å². The molecule has 15 heavy (non-hydrogen) atoms. The molecule has 0 aliphatic carbocycles. The number of hydrogen-bond acceptors (Lipinski definition) is 4. The van der Waals surface area contributed by atoms with E-state index in [0.717, 1.165) is 14.5 Å². The van der Waals surface area contributed by atoms with Crippen LogP contribution in [0.5, 0.6) is 5.75 Å². The summed E-state index contributed by atoms with van der Waals surface area (Å²) in [6.45, 7) is 0. The van der Waals surface area contributed by atoms with Crippen LogP contribution in [-0.4, -0.2) is 17.3 Å². The number of aromatic nitrogens is 2. The molecule has 0 radical (unpaired) electrons. The standard InChI is InChI=1S/C9H6BrClN2OS/c1-14-6-4-2-3-5(11)7(6)8-12-13-9(10)15-8/h2-4H,1H3. The lowest BCUT2D eigenvalue weighted by Gasteiger charge is -2.06. The van der Waals surface area contributed by atoms with E-state index in [9.17, 15) is 0 Å². The van der Waals surface area contributed by atoms with Gasteiger partial charge in [0.05, 0.1) is 17.7 Å². The van der Waals surface area contributed by atoms with Gasteiger partial charge in [0.1, 0.15) is 5.75 Å². The minimum absolute atomic E-state index is 0.609. The number of benzene rings is 1. The first-order valence-electron chi connectivity index (χ1n) is 4.04. The number of ether oxygens (including phenoxy) is 1. The van der Waals surface area contributed by atoms with E-state index in [0.29, 0.717) is 10.8 Å². The van der Waals surface area contributed by atoms with Crippen molar-refractivity contribution in [3.63, 3.8) is 0 Å². The largest absolute Gasteiger partial charge is 0.496 e. The van der Waals surface area contributed by atoms with Crippen molar-refractivity contribution in [3.8, 4) is 16.3 Å². The predicted octanol–water partition coefficient (Wildman–Crippen LogP) is 3.63. The monoisotopic (exact) mass is 304 g/mol. The molecule has 2 aromatic rings. The van der Waals surface area contributed by atoms with Gasteiger partial charge in [-0.1, -0.05) is 29.0 Å². The van der Waals surface area contributed by atoms with Gasteiger partial charge in [0.2, 0.25) is 0 Å². The molecule has 78 valence electrons. The molecule has 2 rings (SSSR count). The molecule has 3 nitrogen and oxygen atoms in total. The molecule has 0 N–H and O–H groups in total. The van der Waals surface area contributed by atoms with Crippen LogP contribution in [0.2, 0.25) is 5.02 Å². The molecule has 1 heterocycles. The van der Waals surface area contributed by atoms with Crippen LogP contribution in [0.3, 0.4) is 0 Å². The van der Waals surface area contributed by atoms with Crippen molar-refractivity contribution in [2.75, 3.05) is 7.11 Å². The first-order valence-corrected chi connectivity index (χ1v) is 6.03. The molecule has 1 aromatic heterocycles. The van der Waals surface area contributed by atoms with Crippen LogP contribution in [0.4, 0.5) is 0 Å². The van der Waals surface area contributed by atoms with Gasteiger partial charge in [0, 0.05) is 0 Å². The lowest BCUT2D eigenvalue weighted by atomic mass is 10.2. The zero-order valence-corrected chi connectivity index (χ0v) is 10.9. The van der Waals surface area contributed by atoms with E-state index in [4.69, 9.17) is 16.3 Å². The Morgan fingerprint density at radius 1 is 1.40 bits per heavy atom. The SMILES string of the molecule is COc1cccc(Cl)c1-c1nnc(Br)s1. The van der Waals surface area contributed by atoms with Crippen molar-refractivity contribution in [3.05, 3.63) is 27.1 Å². The highest BCUT2D eigenvalue weighted by molar-refractivity contribution is 9.11. The summed E-state index contributed by atoms with van der Waals surface area (Å²) in [5, 5.41) is 9.24. The van der Waals surface area contributed by atoms with E-state index in [1.54, 1.807) is 13.2 Å². The molecule has 0 atom stereocenters. The maximum absolute atomic E-state index is 6.10. The van der Waals surface area contributed by atoms with Crippen molar-refractivity contribution in [2.45, 2.75) is 0 Å². The van der Waals surface area contributed by atoms with E-state index in [-0.39, 0.29) is 0 Å². The van der Waals surface area contributed by atoms with E-state index in [1.807, 2.05) is 12.1 Å². The quantitative estimate of drug-likeness (QED) is 0.850. The summed E-state index contributed by atoms with van der Waals surface area (Å²) in [5.41, 5.74) is 0.782. The molecular formula is C9H6BrClN2OS. The third-order valence-corrected chi connectivity index (χ3v) is 3.50. The molecule has 0 saturated carbocycles. The van der Waals surface area contributed by atoms with Crippen molar-refractivity contribution in [2.24, 2.45) is 0 Å². The maximum atomic E-state index is 6.10. The zero-order chi connectivity index (χ0) is 10.8. The molecule has 6 heteroatoms. The minimum Gasteiger partial charge on any atom is -0.496 e. The maximum Gasteiger partial charge on any atom is 0.183 e. The van der Waals surface area contributed by atoms with E-state index in [2.05, 4.69) is 26.1 Å². The Labute approximate surface area is 104 Å². The third kappa shape index (κ3) is 2.14. The number of halogens is 2. The topological polar surface area (TPSA) is 35.0 Å². The van der Waals surface area contributed by atoms with Gasteiger partial charge in [0.25, 0.3) is 0 Å². The van der Waals surface area contributed by atoms with Crippen LogP contribution in [0.25, 0.3) is 10.6 Å². The third-order valence-electron chi connectivity index (χ3n) is 1.81. The Morgan fingerprint density at radius 2 is 2.20 bits per heavy atom. The van der Waals surface area contributed by atoms with Crippen molar-refractivity contribution in [1.82, 2.24) is 10.2 Å². The Morgan fingerprint density at radius 3 is 2.80 bits per heavy atom. The second-order valence-electron chi connectivity index (χ2n) is 2.68. The molecule has 0 aliphatic heterocycles. The van der Waals surface area contributed by atoms with E-state index < -0.39 is 0 Å². The Balaban J connectivity index is 2.60. The predicted molar refractivity (Wildman–Crippen MR) is 64.6 cm³/mol. The second kappa shape index (κ2) is 4.47. The van der Waals surface area contributed by atoms with Crippen LogP contribution in [0.1, 0.15) is 0 Å². The summed E-state index contributed by atoms with van der Waals surface area (Å²) < 4.78 is 5.95. The van der Waals surface area contributed by atoms with Gasteiger partial charge in [-0.25, -0.2) is 0 Å². The van der Waals surface area contributed by atoms with Crippen molar-refractivity contribution in [1.29, 1.82) is 0 Å². The zero-order valence-electron chi connectivity index (χ0n) is 7.70. The normalized spacial score (nSPS) is 10.3. The molecule has 0 aliphatic rings. The summed E-state index contributed by atoms with van der Waals surface area (Å²) in [6, 6.07) is 5.48. The molecule has 0 unspecified atom stereocenters. The second-order valence-corrected chi connectivity index (χ2v) is 5.34. The fraction of sp³-hybridized carbons (Fsp3) is 0.111. The van der Waals surface area contributed by atoms with Gasteiger partial charge in [-0.15, -0.1) is 10.2 Å². The molecule has 0 spiro atoms. The molecular weight excluding hydrogens is 300 g/mol. The van der Waals surface area contributed by atoms with Gasteiger partial charge in [-0.3, -0.25) is 0 Å². The Hall–Kier alpha value is -0.650. The first kappa shape index (κ1) is 10.9.